The van der Waals surface area contributed by atoms with Crippen LogP contribution in [0.4, 0.5) is 5.95 Å². The van der Waals surface area contributed by atoms with Gasteiger partial charge in [-0.05, 0) is 54.5 Å². The maximum atomic E-state index is 12.4. The summed E-state index contributed by atoms with van der Waals surface area (Å²) in [5.74, 6) is 0.832. The summed E-state index contributed by atoms with van der Waals surface area (Å²) in [5, 5.41) is 11.9. The number of hydrogen-bond donors (Lipinski definition) is 2. The highest BCUT2D eigenvalue weighted by molar-refractivity contribution is 5.83. The topological polar surface area (TPSA) is 72.5 Å². The van der Waals surface area contributed by atoms with Gasteiger partial charge in [-0.3, -0.25) is 9.78 Å². The Hall–Kier alpha value is -3.64. The molecule has 2 N–H and O–H groups in total. The zero-order chi connectivity index (χ0) is 23.4. The maximum Gasteiger partial charge on any atom is 0.252 e. The first-order chi connectivity index (χ1) is 15.9. The molecule has 1 unspecified atom stereocenters. The average Bonchev–Trinajstić information content (AvgIpc) is 2.79. The van der Waals surface area contributed by atoms with Crippen LogP contribution in [0.3, 0.4) is 0 Å². The number of hydrogen-bond acceptors (Lipinski definition) is 5. The second-order valence-electron chi connectivity index (χ2n) is 8.79. The molecule has 6 heteroatoms. The third kappa shape index (κ3) is 5.79. The molecule has 0 fully saturated rings. The van der Waals surface area contributed by atoms with E-state index in [1.165, 1.54) is 10.8 Å². The predicted octanol–water partition coefficient (Wildman–Crippen LogP) is 3.83. The first kappa shape index (κ1) is 22.6. The molecule has 1 aromatic heterocycles. The number of likely N-dealkylation sites (N-methyl/N-ethyl adjacent to an activating group) is 2. The molecule has 0 aliphatic heterocycles. The molecular formula is C27H30N4O2. The number of phenolic OH excluding ortho intramolecular Hbond substituents is 1. The van der Waals surface area contributed by atoms with E-state index in [0.717, 1.165) is 23.2 Å². The van der Waals surface area contributed by atoms with Gasteiger partial charge < -0.3 is 14.9 Å². The quantitative estimate of drug-likeness (QED) is 0.434. The molecule has 1 atom stereocenters. The lowest BCUT2D eigenvalue weighted by molar-refractivity contribution is 0.294. The van der Waals surface area contributed by atoms with Crippen LogP contribution in [0.15, 0.2) is 77.6 Å². The SMILES string of the molecule is CN(CC(Cc1ccc(O)cc1)N(C)C)c1nc(Cc2ccc3ccccc3c2)cc(=O)[nH]1. The van der Waals surface area contributed by atoms with Gasteiger partial charge in [0.15, 0.2) is 0 Å². The summed E-state index contributed by atoms with van der Waals surface area (Å²) in [7, 11) is 6.04. The Morgan fingerprint density at radius 1 is 0.909 bits per heavy atom. The van der Waals surface area contributed by atoms with Crippen LogP contribution in [-0.4, -0.2) is 53.7 Å². The lowest BCUT2D eigenvalue weighted by Gasteiger charge is -2.29. The largest absolute Gasteiger partial charge is 0.508 e. The molecule has 0 saturated carbocycles. The van der Waals surface area contributed by atoms with Crippen molar-refractivity contribution < 1.29 is 5.11 Å². The standard InChI is InChI=1S/C27H30N4O2/c1-30(2)24(16-19-9-12-25(32)13-10-19)18-31(3)27-28-23(17-26(33)29-27)15-20-8-11-21-6-4-5-7-22(21)14-20/h4-14,17,24,32H,15-16,18H2,1-3H3,(H,28,29,33). The van der Waals surface area contributed by atoms with E-state index in [1.54, 1.807) is 18.2 Å². The summed E-state index contributed by atoms with van der Waals surface area (Å²) in [6.45, 7) is 0.691. The predicted molar refractivity (Wildman–Crippen MR) is 134 cm³/mol. The molecule has 0 aliphatic carbocycles. The van der Waals surface area contributed by atoms with Crippen molar-refractivity contribution in [2.75, 3.05) is 32.6 Å². The number of nitrogens with zero attached hydrogens (tertiary/aromatic N) is 3. The fourth-order valence-electron chi connectivity index (χ4n) is 4.04. The second-order valence-corrected chi connectivity index (χ2v) is 8.79. The number of aromatic nitrogens is 2. The van der Waals surface area contributed by atoms with Gasteiger partial charge in [-0.25, -0.2) is 4.98 Å². The molecule has 0 saturated heterocycles. The first-order valence-corrected chi connectivity index (χ1v) is 11.1. The Kier molecular flexibility index (Phi) is 6.75. The minimum absolute atomic E-state index is 0.150. The summed E-state index contributed by atoms with van der Waals surface area (Å²) >= 11 is 0. The lowest BCUT2D eigenvalue weighted by Crippen LogP contribution is -2.41. The van der Waals surface area contributed by atoms with Gasteiger partial charge in [-0.1, -0.05) is 54.6 Å². The molecule has 3 aromatic carbocycles. The molecule has 0 aliphatic rings. The Morgan fingerprint density at radius 2 is 1.61 bits per heavy atom. The minimum Gasteiger partial charge on any atom is -0.508 e. The Balaban J connectivity index is 1.51. The number of phenols is 1. The molecule has 0 radical (unpaired) electrons. The molecule has 0 amide bonds. The molecule has 33 heavy (non-hydrogen) atoms. The van der Waals surface area contributed by atoms with Gasteiger partial charge in [-0.2, -0.15) is 0 Å². The lowest BCUT2D eigenvalue weighted by atomic mass is 10.0. The highest BCUT2D eigenvalue weighted by atomic mass is 16.3. The second kappa shape index (κ2) is 9.88. The van der Waals surface area contributed by atoms with Crippen LogP contribution in [0.25, 0.3) is 10.8 Å². The Morgan fingerprint density at radius 3 is 2.33 bits per heavy atom. The number of aromatic amines is 1. The summed E-state index contributed by atoms with van der Waals surface area (Å²) in [5.41, 5.74) is 2.86. The van der Waals surface area contributed by atoms with Crippen molar-refractivity contribution in [2.45, 2.75) is 18.9 Å². The molecule has 4 rings (SSSR count). The van der Waals surface area contributed by atoms with Crippen LogP contribution in [0.2, 0.25) is 0 Å². The molecule has 1 heterocycles. The zero-order valence-corrected chi connectivity index (χ0v) is 19.3. The first-order valence-electron chi connectivity index (χ1n) is 11.1. The molecule has 4 aromatic rings. The highest BCUT2D eigenvalue weighted by Crippen LogP contribution is 2.18. The monoisotopic (exact) mass is 442 g/mol. The van der Waals surface area contributed by atoms with E-state index < -0.39 is 0 Å². The van der Waals surface area contributed by atoms with E-state index in [4.69, 9.17) is 4.98 Å². The van der Waals surface area contributed by atoms with Crippen LogP contribution in [0.5, 0.6) is 5.75 Å². The van der Waals surface area contributed by atoms with E-state index in [1.807, 2.05) is 50.3 Å². The van der Waals surface area contributed by atoms with Crippen LogP contribution >= 0.6 is 0 Å². The number of rotatable bonds is 8. The number of fused-ring (bicyclic) bond motifs is 1. The van der Waals surface area contributed by atoms with Crippen molar-refractivity contribution in [1.29, 1.82) is 0 Å². The normalized spacial score (nSPS) is 12.2. The van der Waals surface area contributed by atoms with E-state index in [9.17, 15) is 9.90 Å². The fraction of sp³-hybridized carbons (Fsp3) is 0.259. The van der Waals surface area contributed by atoms with E-state index >= 15 is 0 Å². The average molecular weight is 443 g/mol. The summed E-state index contributed by atoms with van der Waals surface area (Å²) in [6, 6.07) is 23.7. The maximum absolute atomic E-state index is 12.4. The number of H-pyrrole nitrogens is 1. The van der Waals surface area contributed by atoms with Crippen molar-refractivity contribution in [3.8, 4) is 5.75 Å². The van der Waals surface area contributed by atoms with Crippen LogP contribution in [0, 0.1) is 0 Å². The highest BCUT2D eigenvalue weighted by Gasteiger charge is 2.17. The number of anilines is 1. The van der Waals surface area contributed by atoms with Gasteiger partial charge in [-0.15, -0.1) is 0 Å². The van der Waals surface area contributed by atoms with E-state index in [2.05, 4.69) is 40.2 Å². The van der Waals surface area contributed by atoms with Gasteiger partial charge in [0.25, 0.3) is 5.56 Å². The van der Waals surface area contributed by atoms with Gasteiger partial charge in [0, 0.05) is 32.1 Å². The number of aromatic hydroxyl groups is 1. The zero-order valence-electron chi connectivity index (χ0n) is 19.3. The van der Waals surface area contributed by atoms with Crippen molar-refractivity contribution in [3.05, 3.63) is 100.0 Å². The third-order valence-electron chi connectivity index (χ3n) is 5.97. The molecule has 0 bridgehead atoms. The Labute approximate surface area is 194 Å². The van der Waals surface area contributed by atoms with Crippen molar-refractivity contribution in [3.63, 3.8) is 0 Å². The molecular weight excluding hydrogens is 412 g/mol. The Bertz CT molecular complexity index is 1280. The van der Waals surface area contributed by atoms with Gasteiger partial charge >= 0.3 is 0 Å². The molecule has 170 valence electrons. The van der Waals surface area contributed by atoms with Crippen molar-refractivity contribution >= 4 is 16.7 Å². The summed E-state index contributed by atoms with van der Waals surface area (Å²) < 4.78 is 0. The summed E-state index contributed by atoms with van der Waals surface area (Å²) in [6.07, 6.45) is 1.42. The van der Waals surface area contributed by atoms with Gasteiger partial charge in [0.1, 0.15) is 5.75 Å². The molecule has 0 spiro atoms. The smallest absolute Gasteiger partial charge is 0.252 e. The van der Waals surface area contributed by atoms with Crippen molar-refractivity contribution in [1.82, 2.24) is 14.9 Å². The fourth-order valence-corrected chi connectivity index (χ4v) is 4.04. The summed E-state index contributed by atoms with van der Waals surface area (Å²) in [4.78, 5) is 24.2. The minimum atomic E-state index is -0.150. The van der Waals surface area contributed by atoms with Crippen molar-refractivity contribution in [2.24, 2.45) is 0 Å². The van der Waals surface area contributed by atoms with Gasteiger partial charge in [0.05, 0.1) is 5.69 Å². The molecule has 6 nitrogen and oxygen atoms in total. The van der Waals surface area contributed by atoms with Gasteiger partial charge in [0.2, 0.25) is 5.95 Å². The third-order valence-corrected chi connectivity index (χ3v) is 5.97. The number of nitrogens with one attached hydrogen (secondary N) is 1. The van der Waals surface area contributed by atoms with Crippen LogP contribution in [-0.2, 0) is 12.8 Å². The van der Waals surface area contributed by atoms with Crippen LogP contribution in [0.1, 0.15) is 16.8 Å². The van der Waals surface area contributed by atoms with E-state index in [0.29, 0.717) is 18.9 Å². The number of benzene rings is 3. The van der Waals surface area contributed by atoms with Crippen LogP contribution < -0.4 is 10.5 Å². The van der Waals surface area contributed by atoms with E-state index in [-0.39, 0.29) is 17.4 Å².